The Balaban J connectivity index is 1.42. The van der Waals surface area contributed by atoms with Crippen LogP contribution in [0, 0.1) is 6.92 Å². The molecular formula is C20H17BrN4O2S. The number of fused-ring (bicyclic) bond motifs is 1. The van der Waals surface area contributed by atoms with E-state index < -0.39 is 0 Å². The number of aromatic nitrogens is 4. The molecule has 142 valence electrons. The molecule has 8 heteroatoms. The predicted octanol–water partition coefficient (Wildman–Crippen LogP) is 4.47. The van der Waals surface area contributed by atoms with Crippen LogP contribution in [0.1, 0.15) is 35.8 Å². The van der Waals surface area contributed by atoms with Crippen LogP contribution in [-0.2, 0) is 6.61 Å². The van der Waals surface area contributed by atoms with Crippen molar-refractivity contribution in [3.63, 3.8) is 0 Å². The Morgan fingerprint density at radius 3 is 2.86 bits per heavy atom. The lowest BCUT2D eigenvalue weighted by molar-refractivity contribution is 0.301. The molecule has 4 aromatic heterocycles. The predicted molar refractivity (Wildman–Crippen MR) is 112 cm³/mol. The van der Waals surface area contributed by atoms with Gasteiger partial charge in [-0.25, -0.2) is 9.97 Å². The summed E-state index contributed by atoms with van der Waals surface area (Å²) < 4.78 is 10.2. The van der Waals surface area contributed by atoms with Crippen LogP contribution in [0.15, 0.2) is 50.8 Å². The van der Waals surface area contributed by atoms with E-state index >= 15 is 0 Å². The van der Waals surface area contributed by atoms with Crippen molar-refractivity contribution in [1.29, 1.82) is 0 Å². The van der Waals surface area contributed by atoms with Gasteiger partial charge in [0.15, 0.2) is 3.92 Å². The molecule has 4 aromatic rings. The minimum absolute atomic E-state index is 0.142. The van der Waals surface area contributed by atoms with E-state index in [-0.39, 0.29) is 5.56 Å². The number of thiazole rings is 1. The average Bonchev–Trinajstić information content (AvgIpc) is 3.37. The summed E-state index contributed by atoms with van der Waals surface area (Å²) in [5.74, 6) is 1.13. The van der Waals surface area contributed by atoms with Gasteiger partial charge >= 0.3 is 0 Å². The molecule has 0 atom stereocenters. The van der Waals surface area contributed by atoms with Crippen molar-refractivity contribution in [2.75, 3.05) is 0 Å². The zero-order valence-electron chi connectivity index (χ0n) is 15.1. The molecule has 4 heterocycles. The average molecular weight is 457 g/mol. The maximum atomic E-state index is 12.6. The van der Waals surface area contributed by atoms with E-state index in [0.29, 0.717) is 18.3 Å². The Morgan fingerprint density at radius 2 is 2.14 bits per heavy atom. The maximum absolute atomic E-state index is 12.6. The lowest BCUT2D eigenvalue weighted by atomic mass is 10.2. The summed E-state index contributed by atoms with van der Waals surface area (Å²) in [6, 6.07) is 7.18. The Morgan fingerprint density at radius 1 is 1.29 bits per heavy atom. The zero-order chi connectivity index (χ0) is 19.3. The fourth-order valence-electron chi connectivity index (χ4n) is 3.32. The van der Waals surface area contributed by atoms with Crippen LogP contribution in [0.25, 0.3) is 11.3 Å². The van der Waals surface area contributed by atoms with Gasteiger partial charge in [0.05, 0.1) is 17.1 Å². The molecule has 0 bridgehead atoms. The van der Waals surface area contributed by atoms with Crippen molar-refractivity contribution in [3.8, 4) is 11.4 Å². The minimum Gasteiger partial charge on any atom is -0.487 e. The van der Waals surface area contributed by atoms with Crippen LogP contribution < -0.4 is 10.3 Å². The number of halogens is 1. The Labute approximate surface area is 173 Å². The van der Waals surface area contributed by atoms with Crippen LogP contribution in [0.4, 0.5) is 0 Å². The number of hydrogen-bond donors (Lipinski definition) is 0. The van der Waals surface area contributed by atoms with Gasteiger partial charge in [0.25, 0.3) is 5.56 Å². The number of imidazole rings is 1. The number of ether oxygens (including phenoxy) is 1. The molecule has 1 fully saturated rings. The third kappa shape index (κ3) is 3.27. The highest BCUT2D eigenvalue weighted by Gasteiger charge is 2.28. The van der Waals surface area contributed by atoms with E-state index in [9.17, 15) is 4.79 Å². The molecule has 0 aliphatic heterocycles. The highest BCUT2D eigenvalue weighted by molar-refractivity contribution is 9.11. The molecule has 1 saturated carbocycles. The summed E-state index contributed by atoms with van der Waals surface area (Å²) in [5.41, 5.74) is 4.75. The second kappa shape index (κ2) is 6.86. The van der Waals surface area contributed by atoms with Gasteiger partial charge in [-0.2, -0.15) is 0 Å². The smallest absolute Gasteiger partial charge is 0.258 e. The number of hydrogen-bond acceptors (Lipinski definition) is 5. The molecule has 5 rings (SSSR count). The van der Waals surface area contributed by atoms with E-state index in [1.807, 2.05) is 23.7 Å². The Kier molecular flexibility index (Phi) is 4.32. The molecule has 1 aliphatic rings. The maximum Gasteiger partial charge on any atom is 0.258 e. The standard InChI is InChI=1S/C20H17BrN4O2S/c1-12-19(13-2-3-13)23-17-5-4-15(9-25(12)17)24-7-6-16(8-18(24)26)27-10-14-11-28-20(21)22-14/h4-9,11,13H,2-3,10H2,1H3. The second-order valence-electron chi connectivity index (χ2n) is 6.92. The van der Waals surface area contributed by atoms with Crippen molar-refractivity contribution in [1.82, 2.24) is 18.9 Å². The lowest BCUT2D eigenvalue weighted by Gasteiger charge is -2.09. The van der Waals surface area contributed by atoms with Crippen molar-refractivity contribution in [3.05, 3.63) is 73.4 Å². The van der Waals surface area contributed by atoms with Gasteiger partial charge < -0.3 is 9.14 Å². The van der Waals surface area contributed by atoms with Crippen LogP contribution in [-0.4, -0.2) is 18.9 Å². The molecule has 0 unspecified atom stereocenters. The van der Waals surface area contributed by atoms with Crippen LogP contribution in [0.3, 0.4) is 0 Å². The number of aryl methyl sites for hydroxylation is 1. The van der Waals surface area contributed by atoms with Crippen LogP contribution in [0.5, 0.6) is 5.75 Å². The zero-order valence-corrected chi connectivity index (χ0v) is 17.5. The Bertz CT molecular complexity index is 1240. The van der Waals surface area contributed by atoms with Gasteiger partial charge in [-0.15, -0.1) is 11.3 Å². The van der Waals surface area contributed by atoms with Crippen LogP contribution in [0.2, 0.25) is 0 Å². The molecule has 6 nitrogen and oxygen atoms in total. The first-order valence-electron chi connectivity index (χ1n) is 9.03. The normalized spacial score (nSPS) is 13.9. The molecule has 0 saturated heterocycles. The number of nitrogens with zero attached hydrogens (tertiary/aromatic N) is 4. The summed E-state index contributed by atoms with van der Waals surface area (Å²) in [6.45, 7) is 2.42. The second-order valence-corrected chi connectivity index (χ2v) is 9.06. The lowest BCUT2D eigenvalue weighted by Crippen LogP contribution is -2.17. The monoisotopic (exact) mass is 456 g/mol. The highest BCUT2D eigenvalue weighted by atomic mass is 79.9. The van der Waals surface area contributed by atoms with E-state index in [4.69, 9.17) is 9.72 Å². The molecule has 28 heavy (non-hydrogen) atoms. The largest absolute Gasteiger partial charge is 0.487 e. The fourth-order valence-corrected chi connectivity index (χ4v) is 4.36. The molecular weight excluding hydrogens is 440 g/mol. The van der Waals surface area contributed by atoms with Crippen LogP contribution >= 0.6 is 27.3 Å². The first kappa shape index (κ1) is 17.6. The summed E-state index contributed by atoms with van der Waals surface area (Å²) in [4.78, 5) is 21.7. The molecule has 1 aliphatic carbocycles. The third-order valence-corrected chi connectivity index (χ3v) is 6.34. The molecule has 0 N–H and O–H groups in total. The highest BCUT2D eigenvalue weighted by Crippen LogP contribution is 2.41. The van der Waals surface area contributed by atoms with Crippen molar-refractivity contribution < 1.29 is 4.74 Å². The minimum atomic E-state index is -0.142. The molecule has 0 aromatic carbocycles. The van der Waals surface area contributed by atoms with Gasteiger partial charge in [0.1, 0.15) is 18.0 Å². The molecule has 0 amide bonds. The van der Waals surface area contributed by atoms with Gasteiger partial charge in [0, 0.05) is 35.5 Å². The number of rotatable bonds is 5. The molecule has 0 spiro atoms. The van der Waals surface area contributed by atoms with Gasteiger partial charge in [-0.3, -0.25) is 9.36 Å². The summed E-state index contributed by atoms with van der Waals surface area (Å²) >= 11 is 4.84. The summed E-state index contributed by atoms with van der Waals surface area (Å²) in [5, 5.41) is 1.92. The van der Waals surface area contributed by atoms with Gasteiger partial charge in [-0.1, -0.05) is 0 Å². The van der Waals surface area contributed by atoms with E-state index in [1.54, 1.807) is 16.8 Å². The van der Waals surface area contributed by atoms with E-state index in [1.165, 1.54) is 35.9 Å². The van der Waals surface area contributed by atoms with Crippen molar-refractivity contribution >= 4 is 32.9 Å². The van der Waals surface area contributed by atoms with Gasteiger partial charge in [-0.05, 0) is 53.9 Å². The number of pyridine rings is 2. The summed E-state index contributed by atoms with van der Waals surface area (Å²) in [6.07, 6.45) is 6.15. The van der Waals surface area contributed by atoms with Gasteiger partial charge in [0.2, 0.25) is 0 Å². The van der Waals surface area contributed by atoms with E-state index in [0.717, 1.165) is 26.6 Å². The quantitative estimate of drug-likeness (QED) is 0.444. The van der Waals surface area contributed by atoms with Crippen molar-refractivity contribution in [2.45, 2.75) is 32.3 Å². The topological polar surface area (TPSA) is 61.4 Å². The first-order valence-corrected chi connectivity index (χ1v) is 10.7. The fraction of sp³-hybridized carbons (Fsp3) is 0.250. The first-order chi connectivity index (χ1) is 13.6. The SMILES string of the molecule is Cc1c(C2CC2)nc2ccc(-n3ccc(OCc4csc(Br)n4)cc3=O)cn12. The van der Waals surface area contributed by atoms with Crippen molar-refractivity contribution in [2.24, 2.45) is 0 Å². The Hall–Kier alpha value is -2.45. The van der Waals surface area contributed by atoms with E-state index in [2.05, 4.69) is 32.2 Å². The third-order valence-electron chi connectivity index (χ3n) is 4.92. The molecule has 0 radical (unpaired) electrons. The summed E-state index contributed by atoms with van der Waals surface area (Å²) in [7, 11) is 0.